The number of nitrogens with two attached hydrogens (primary N) is 1. The van der Waals surface area contributed by atoms with Gasteiger partial charge in [-0.1, -0.05) is 18.3 Å². The van der Waals surface area contributed by atoms with Crippen LogP contribution in [0.5, 0.6) is 0 Å². The van der Waals surface area contributed by atoms with Gasteiger partial charge in [0, 0.05) is 24.0 Å². The Morgan fingerprint density at radius 3 is 2.84 bits per heavy atom. The molecule has 1 aromatic heterocycles. The van der Waals surface area contributed by atoms with Crippen molar-refractivity contribution in [2.24, 2.45) is 5.73 Å². The summed E-state index contributed by atoms with van der Waals surface area (Å²) in [5, 5.41) is 0. The van der Waals surface area contributed by atoms with Gasteiger partial charge in [-0.05, 0) is 31.2 Å². The zero-order valence-electron chi connectivity index (χ0n) is 10.5. The van der Waals surface area contributed by atoms with Gasteiger partial charge in [0.05, 0.1) is 11.9 Å². The molecule has 98 valence electrons. The van der Waals surface area contributed by atoms with Crippen molar-refractivity contribution in [3.63, 3.8) is 0 Å². The molecule has 1 heterocycles. The number of aromatic nitrogens is 1. The third-order valence-electron chi connectivity index (χ3n) is 2.79. The largest absolute Gasteiger partial charge is 0.389 e. The van der Waals surface area contributed by atoms with Gasteiger partial charge >= 0.3 is 0 Å². The molecular weight excluding hydrogens is 261 g/mol. The summed E-state index contributed by atoms with van der Waals surface area (Å²) in [4.78, 5) is 6.31. The van der Waals surface area contributed by atoms with E-state index >= 15 is 0 Å². The standard InChI is InChI=1S/C14H14FN3S/c1-2-18(11-5-3-4-10(15)8-11)13-9-17-7-6-12(13)14(16)19/h3-9H,2H2,1H3,(H2,16,19). The first kappa shape index (κ1) is 13.4. The molecule has 0 saturated carbocycles. The molecule has 0 amide bonds. The van der Waals surface area contributed by atoms with Gasteiger partial charge < -0.3 is 10.6 Å². The molecule has 19 heavy (non-hydrogen) atoms. The fraction of sp³-hybridized carbons (Fsp3) is 0.143. The van der Waals surface area contributed by atoms with E-state index in [4.69, 9.17) is 18.0 Å². The third kappa shape index (κ3) is 2.88. The predicted octanol–water partition coefficient (Wildman–Crippen LogP) is 3.01. The van der Waals surface area contributed by atoms with Gasteiger partial charge in [-0.2, -0.15) is 0 Å². The molecule has 0 aliphatic rings. The monoisotopic (exact) mass is 275 g/mol. The molecule has 5 heteroatoms. The van der Waals surface area contributed by atoms with E-state index in [2.05, 4.69) is 4.98 Å². The maximum atomic E-state index is 13.3. The molecule has 0 radical (unpaired) electrons. The number of halogens is 1. The van der Waals surface area contributed by atoms with Crippen molar-refractivity contribution >= 4 is 28.6 Å². The van der Waals surface area contributed by atoms with Crippen LogP contribution in [-0.2, 0) is 0 Å². The molecule has 0 fully saturated rings. The predicted molar refractivity (Wildman–Crippen MR) is 79.2 cm³/mol. The van der Waals surface area contributed by atoms with E-state index < -0.39 is 0 Å². The van der Waals surface area contributed by atoms with Crippen molar-refractivity contribution in [2.75, 3.05) is 11.4 Å². The summed E-state index contributed by atoms with van der Waals surface area (Å²) in [5.41, 5.74) is 7.97. The van der Waals surface area contributed by atoms with Crippen LogP contribution in [0.3, 0.4) is 0 Å². The highest BCUT2D eigenvalue weighted by atomic mass is 32.1. The minimum absolute atomic E-state index is 0.281. The highest BCUT2D eigenvalue weighted by Crippen LogP contribution is 2.28. The highest BCUT2D eigenvalue weighted by molar-refractivity contribution is 7.80. The number of nitrogens with zero attached hydrogens (tertiary/aromatic N) is 2. The van der Waals surface area contributed by atoms with Gasteiger partial charge in [0.15, 0.2) is 0 Å². The van der Waals surface area contributed by atoms with Gasteiger partial charge in [-0.25, -0.2) is 4.39 Å². The number of hydrogen-bond acceptors (Lipinski definition) is 3. The number of hydrogen-bond donors (Lipinski definition) is 1. The second-order valence-electron chi connectivity index (χ2n) is 3.98. The Bertz CT molecular complexity index is 601. The summed E-state index contributed by atoms with van der Waals surface area (Å²) >= 11 is 5.04. The maximum absolute atomic E-state index is 13.3. The first-order valence-corrected chi connectivity index (χ1v) is 6.31. The SMILES string of the molecule is CCN(c1cccc(F)c1)c1cnccc1C(N)=S. The van der Waals surface area contributed by atoms with Gasteiger partial charge in [0.2, 0.25) is 0 Å². The first-order chi connectivity index (χ1) is 9.13. The van der Waals surface area contributed by atoms with E-state index in [1.165, 1.54) is 12.1 Å². The van der Waals surface area contributed by atoms with Crippen LogP contribution in [0.2, 0.25) is 0 Å². The van der Waals surface area contributed by atoms with E-state index in [1.54, 1.807) is 24.5 Å². The Kier molecular flexibility index (Phi) is 4.06. The Labute approximate surface area is 116 Å². The molecular formula is C14H14FN3S. The van der Waals surface area contributed by atoms with E-state index in [9.17, 15) is 4.39 Å². The molecule has 0 aliphatic carbocycles. The van der Waals surface area contributed by atoms with Gasteiger partial charge in [0.1, 0.15) is 10.8 Å². The first-order valence-electron chi connectivity index (χ1n) is 5.90. The molecule has 0 unspecified atom stereocenters. The van der Waals surface area contributed by atoms with E-state index in [0.717, 1.165) is 16.9 Å². The summed E-state index contributed by atoms with van der Waals surface area (Å²) in [6.45, 7) is 2.63. The minimum Gasteiger partial charge on any atom is -0.389 e. The normalized spacial score (nSPS) is 10.2. The van der Waals surface area contributed by atoms with Crippen LogP contribution >= 0.6 is 12.2 Å². The number of anilines is 2. The van der Waals surface area contributed by atoms with Crippen LogP contribution in [0.25, 0.3) is 0 Å². The molecule has 3 nitrogen and oxygen atoms in total. The smallest absolute Gasteiger partial charge is 0.125 e. The van der Waals surface area contributed by atoms with Crippen LogP contribution in [0, 0.1) is 5.82 Å². The van der Waals surface area contributed by atoms with Crippen molar-refractivity contribution in [1.29, 1.82) is 0 Å². The highest BCUT2D eigenvalue weighted by Gasteiger charge is 2.13. The zero-order chi connectivity index (χ0) is 13.8. The Morgan fingerprint density at radius 2 is 2.21 bits per heavy atom. The van der Waals surface area contributed by atoms with E-state index in [1.807, 2.05) is 17.9 Å². The molecule has 0 aliphatic heterocycles. The average molecular weight is 275 g/mol. The molecule has 0 atom stereocenters. The quantitative estimate of drug-likeness (QED) is 0.871. The topological polar surface area (TPSA) is 42.2 Å². The lowest BCUT2D eigenvalue weighted by Gasteiger charge is -2.25. The van der Waals surface area contributed by atoms with Crippen LogP contribution in [0.15, 0.2) is 42.7 Å². The van der Waals surface area contributed by atoms with Crippen molar-refractivity contribution in [3.05, 3.63) is 54.1 Å². The molecule has 2 aromatic rings. The van der Waals surface area contributed by atoms with Crippen molar-refractivity contribution in [3.8, 4) is 0 Å². The summed E-state index contributed by atoms with van der Waals surface area (Å²) in [6, 6.07) is 8.15. The van der Waals surface area contributed by atoms with Gasteiger partial charge in [0.25, 0.3) is 0 Å². The van der Waals surface area contributed by atoms with E-state index in [0.29, 0.717) is 11.5 Å². The minimum atomic E-state index is -0.281. The van der Waals surface area contributed by atoms with Gasteiger partial charge in [-0.15, -0.1) is 0 Å². The van der Waals surface area contributed by atoms with E-state index in [-0.39, 0.29) is 5.82 Å². The summed E-state index contributed by atoms with van der Waals surface area (Å²) in [7, 11) is 0. The van der Waals surface area contributed by atoms with Gasteiger partial charge in [-0.3, -0.25) is 4.98 Å². The number of rotatable bonds is 4. The summed E-state index contributed by atoms with van der Waals surface area (Å²) < 4.78 is 13.3. The van der Waals surface area contributed by atoms with Crippen molar-refractivity contribution in [1.82, 2.24) is 4.98 Å². The second-order valence-corrected chi connectivity index (χ2v) is 4.42. The molecule has 0 saturated heterocycles. The fourth-order valence-electron chi connectivity index (χ4n) is 1.95. The third-order valence-corrected chi connectivity index (χ3v) is 3.01. The summed E-state index contributed by atoms with van der Waals surface area (Å²) in [6.07, 6.45) is 3.32. The second kappa shape index (κ2) is 5.75. The number of pyridine rings is 1. The fourth-order valence-corrected chi connectivity index (χ4v) is 2.12. The Morgan fingerprint density at radius 1 is 1.42 bits per heavy atom. The van der Waals surface area contributed by atoms with Crippen molar-refractivity contribution in [2.45, 2.75) is 6.92 Å². The van der Waals surface area contributed by atoms with Crippen molar-refractivity contribution < 1.29 is 4.39 Å². The maximum Gasteiger partial charge on any atom is 0.125 e. The Balaban J connectivity index is 2.51. The van der Waals surface area contributed by atoms with Crippen LogP contribution < -0.4 is 10.6 Å². The lowest BCUT2D eigenvalue weighted by Crippen LogP contribution is -2.21. The average Bonchev–Trinajstić information content (AvgIpc) is 2.40. The lowest BCUT2D eigenvalue weighted by atomic mass is 10.2. The molecule has 2 rings (SSSR count). The zero-order valence-corrected chi connectivity index (χ0v) is 11.3. The summed E-state index contributed by atoms with van der Waals surface area (Å²) in [5.74, 6) is -0.281. The Hall–Kier alpha value is -2.01. The van der Waals surface area contributed by atoms with Crippen LogP contribution in [0.1, 0.15) is 12.5 Å². The lowest BCUT2D eigenvalue weighted by molar-refractivity contribution is 0.627. The van der Waals surface area contributed by atoms with Crippen LogP contribution in [0.4, 0.5) is 15.8 Å². The number of thiocarbonyl (C=S) groups is 1. The number of benzene rings is 1. The molecule has 0 spiro atoms. The molecule has 0 bridgehead atoms. The molecule has 2 N–H and O–H groups in total. The molecule has 1 aromatic carbocycles. The van der Waals surface area contributed by atoms with Crippen LogP contribution in [-0.4, -0.2) is 16.5 Å².